The van der Waals surface area contributed by atoms with Crippen LogP contribution in [0.15, 0.2) is 60.7 Å². The van der Waals surface area contributed by atoms with Crippen molar-refractivity contribution in [2.45, 2.75) is 49.9 Å². The molecule has 1 saturated heterocycles. The Bertz CT molecular complexity index is 1030. The van der Waals surface area contributed by atoms with Gasteiger partial charge in [0.25, 0.3) is 0 Å². The predicted molar refractivity (Wildman–Crippen MR) is 132 cm³/mol. The Balaban J connectivity index is 1.67. The maximum Gasteiger partial charge on any atom is 0.326 e. The van der Waals surface area contributed by atoms with E-state index in [9.17, 15) is 29.4 Å². The first kappa shape index (κ1) is 26.8. The smallest absolute Gasteiger partial charge is 0.326 e. The van der Waals surface area contributed by atoms with E-state index in [-0.39, 0.29) is 18.7 Å². The highest BCUT2D eigenvalue weighted by Crippen LogP contribution is 2.09. The molecule has 36 heavy (non-hydrogen) atoms. The van der Waals surface area contributed by atoms with Gasteiger partial charge in [0.15, 0.2) is 0 Å². The van der Waals surface area contributed by atoms with Crippen molar-refractivity contribution in [3.63, 3.8) is 0 Å². The Morgan fingerprint density at radius 3 is 1.83 bits per heavy atom. The third-order valence-electron chi connectivity index (χ3n) is 6.01. The van der Waals surface area contributed by atoms with Crippen molar-refractivity contribution in [3.05, 3.63) is 71.8 Å². The van der Waals surface area contributed by atoms with Gasteiger partial charge in [-0.1, -0.05) is 60.7 Å². The van der Waals surface area contributed by atoms with Gasteiger partial charge in [-0.05, 0) is 30.5 Å². The molecular formula is C26H32N4O6. The zero-order chi connectivity index (χ0) is 25.9. The van der Waals surface area contributed by atoms with Crippen molar-refractivity contribution in [1.29, 1.82) is 0 Å². The fourth-order valence-electron chi connectivity index (χ4n) is 4.03. The second kappa shape index (κ2) is 13.4. The number of hydrogen-bond donors (Lipinski definition) is 6. The highest BCUT2D eigenvalue weighted by atomic mass is 16.4. The molecule has 0 bridgehead atoms. The molecule has 1 heterocycles. The van der Waals surface area contributed by atoms with Gasteiger partial charge < -0.3 is 31.5 Å². The number of hydrogen-bond acceptors (Lipinski definition) is 6. The molecule has 2 aromatic carbocycles. The summed E-state index contributed by atoms with van der Waals surface area (Å²) in [5.41, 5.74) is 1.51. The molecule has 4 atom stereocenters. The van der Waals surface area contributed by atoms with Gasteiger partial charge in [0.2, 0.25) is 17.7 Å². The van der Waals surface area contributed by atoms with E-state index in [1.54, 1.807) is 30.3 Å². The number of carbonyl (C=O) groups excluding carboxylic acids is 3. The monoisotopic (exact) mass is 496 g/mol. The largest absolute Gasteiger partial charge is 0.480 e. The quantitative estimate of drug-likeness (QED) is 0.237. The van der Waals surface area contributed by atoms with Crippen molar-refractivity contribution in [3.8, 4) is 0 Å². The summed E-state index contributed by atoms with van der Waals surface area (Å²) in [5, 5.41) is 30.0. The molecule has 6 N–H and O–H groups in total. The fourth-order valence-corrected chi connectivity index (χ4v) is 4.03. The van der Waals surface area contributed by atoms with Gasteiger partial charge in [-0.25, -0.2) is 4.79 Å². The summed E-state index contributed by atoms with van der Waals surface area (Å²) in [6.07, 6.45) is 1.73. The second-order valence-electron chi connectivity index (χ2n) is 8.73. The van der Waals surface area contributed by atoms with Crippen LogP contribution in [0.1, 0.15) is 24.0 Å². The topological polar surface area (TPSA) is 157 Å². The van der Waals surface area contributed by atoms with E-state index in [1.807, 2.05) is 30.3 Å². The van der Waals surface area contributed by atoms with Crippen LogP contribution in [0.25, 0.3) is 0 Å². The molecule has 1 aliphatic heterocycles. The van der Waals surface area contributed by atoms with Crippen LogP contribution in [-0.4, -0.2) is 71.2 Å². The van der Waals surface area contributed by atoms with Crippen molar-refractivity contribution in [1.82, 2.24) is 21.3 Å². The summed E-state index contributed by atoms with van der Waals surface area (Å²) < 4.78 is 0. The predicted octanol–water partition coefficient (Wildman–Crippen LogP) is -0.245. The summed E-state index contributed by atoms with van der Waals surface area (Å²) >= 11 is 0. The number of nitrogens with one attached hydrogen (secondary N) is 4. The summed E-state index contributed by atoms with van der Waals surface area (Å²) in [7, 11) is 0. The molecule has 10 heteroatoms. The van der Waals surface area contributed by atoms with E-state index >= 15 is 0 Å². The maximum atomic E-state index is 13.1. The average Bonchev–Trinajstić information content (AvgIpc) is 3.43. The van der Waals surface area contributed by atoms with Gasteiger partial charge in [0.05, 0.1) is 12.6 Å². The molecule has 2 aromatic rings. The lowest BCUT2D eigenvalue weighted by Gasteiger charge is -2.24. The molecule has 3 rings (SSSR count). The lowest BCUT2D eigenvalue weighted by Crippen LogP contribution is -2.58. The second-order valence-corrected chi connectivity index (χ2v) is 8.73. The Labute approximate surface area is 209 Å². The number of rotatable bonds is 12. The summed E-state index contributed by atoms with van der Waals surface area (Å²) in [4.78, 5) is 50.3. The molecule has 0 unspecified atom stereocenters. The minimum absolute atomic E-state index is 0.0368. The number of carbonyl (C=O) groups is 4. The SMILES string of the molecule is O=C(O)[C@H](Cc1ccccc1)NC(=O)[C@H](CO)NC(=O)[C@H](Cc1ccccc1)NC(=O)[C@@H]1CCCN1. The Hall–Kier alpha value is -3.76. The number of carboxylic acids is 1. The molecule has 1 fully saturated rings. The van der Waals surface area contributed by atoms with Crippen molar-refractivity contribution in [2.24, 2.45) is 0 Å². The molecule has 192 valence electrons. The minimum Gasteiger partial charge on any atom is -0.480 e. The van der Waals surface area contributed by atoms with Crippen LogP contribution in [0, 0.1) is 0 Å². The van der Waals surface area contributed by atoms with Crippen LogP contribution in [0.3, 0.4) is 0 Å². The molecule has 0 radical (unpaired) electrons. The van der Waals surface area contributed by atoms with Gasteiger partial charge in [0.1, 0.15) is 18.1 Å². The van der Waals surface area contributed by atoms with Crippen molar-refractivity contribution < 1.29 is 29.4 Å². The molecule has 1 aliphatic rings. The summed E-state index contributed by atoms with van der Waals surface area (Å²) in [6.45, 7) is -0.0282. The van der Waals surface area contributed by atoms with Gasteiger partial charge in [-0.2, -0.15) is 0 Å². The van der Waals surface area contributed by atoms with Gasteiger partial charge in [0, 0.05) is 12.8 Å². The number of carboxylic acid groups (broad SMARTS) is 1. The highest BCUT2D eigenvalue weighted by Gasteiger charge is 2.31. The first-order chi connectivity index (χ1) is 17.4. The molecule has 0 spiro atoms. The molecule has 0 aliphatic carbocycles. The minimum atomic E-state index is -1.39. The Morgan fingerprint density at radius 1 is 0.806 bits per heavy atom. The molecule has 10 nitrogen and oxygen atoms in total. The van der Waals surface area contributed by atoms with Crippen LogP contribution in [0.2, 0.25) is 0 Å². The van der Waals surface area contributed by atoms with Gasteiger partial charge in [-0.15, -0.1) is 0 Å². The van der Waals surface area contributed by atoms with E-state index in [0.717, 1.165) is 12.0 Å². The zero-order valence-electron chi connectivity index (χ0n) is 19.9. The molecule has 0 aromatic heterocycles. The first-order valence-electron chi connectivity index (χ1n) is 11.9. The van der Waals surface area contributed by atoms with Crippen LogP contribution in [0.5, 0.6) is 0 Å². The number of benzene rings is 2. The summed E-state index contributed by atoms with van der Waals surface area (Å²) in [5.74, 6) is -3.05. The van der Waals surface area contributed by atoms with Crippen LogP contribution in [0.4, 0.5) is 0 Å². The number of aliphatic hydroxyl groups is 1. The lowest BCUT2D eigenvalue weighted by atomic mass is 10.0. The Kier molecular flexibility index (Phi) is 9.96. The van der Waals surface area contributed by atoms with Crippen molar-refractivity contribution in [2.75, 3.05) is 13.2 Å². The normalized spacial score (nSPS) is 17.4. The van der Waals surface area contributed by atoms with Gasteiger partial charge >= 0.3 is 5.97 Å². The fraction of sp³-hybridized carbons (Fsp3) is 0.385. The number of amides is 3. The molecular weight excluding hydrogens is 464 g/mol. The summed E-state index contributed by atoms with van der Waals surface area (Å²) in [6, 6.07) is 13.8. The number of aliphatic carboxylic acids is 1. The lowest BCUT2D eigenvalue weighted by molar-refractivity contribution is -0.142. The van der Waals surface area contributed by atoms with E-state index in [4.69, 9.17) is 0 Å². The maximum absolute atomic E-state index is 13.1. The Morgan fingerprint density at radius 2 is 1.33 bits per heavy atom. The van der Waals surface area contributed by atoms with E-state index in [2.05, 4.69) is 21.3 Å². The van der Waals surface area contributed by atoms with Crippen LogP contribution >= 0.6 is 0 Å². The zero-order valence-corrected chi connectivity index (χ0v) is 19.9. The molecule has 3 amide bonds. The first-order valence-corrected chi connectivity index (χ1v) is 11.9. The van der Waals surface area contributed by atoms with Crippen molar-refractivity contribution >= 4 is 23.7 Å². The van der Waals surface area contributed by atoms with E-state index < -0.39 is 48.6 Å². The average molecular weight is 497 g/mol. The van der Waals surface area contributed by atoms with Crippen LogP contribution in [-0.2, 0) is 32.0 Å². The van der Waals surface area contributed by atoms with Crippen LogP contribution < -0.4 is 21.3 Å². The standard InChI is InChI=1S/C26H32N4O6/c31-16-22(25(34)29-21(26(35)36)15-18-10-5-2-6-11-18)30-24(33)20(14-17-8-3-1-4-9-17)28-23(32)19-12-7-13-27-19/h1-6,8-11,19-22,27,31H,7,12-16H2,(H,28,32)(H,29,34)(H,30,33)(H,35,36)/t19-,20-,21-,22-/m0/s1. The molecule has 0 saturated carbocycles. The third-order valence-corrected chi connectivity index (χ3v) is 6.01. The third kappa shape index (κ3) is 7.89. The highest BCUT2D eigenvalue weighted by molar-refractivity contribution is 5.94. The van der Waals surface area contributed by atoms with Gasteiger partial charge in [-0.3, -0.25) is 14.4 Å². The number of aliphatic hydroxyl groups excluding tert-OH is 1. The van der Waals surface area contributed by atoms with E-state index in [0.29, 0.717) is 18.5 Å². The van der Waals surface area contributed by atoms with E-state index in [1.165, 1.54) is 0 Å².